The highest BCUT2D eigenvalue weighted by molar-refractivity contribution is 5.79. The SMILES string of the molecule is NCC1(N)OC(=O)CCC(=O)O1. The van der Waals surface area contributed by atoms with Crippen LogP contribution in [0.25, 0.3) is 0 Å². The standard InChI is InChI=1S/C6H10N2O4/c7-3-6(8)11-4(9)1-2-5(10)12-6/h1-3,7-8H2. The monoisotopic (exact) mass is 174 g/mol. The predicted octanol–water partition coefficient (Wildman–Crippen LogP) is -1.56. The van der Waals surface area contributed by atoms with Crippen molar-refractivity contribution in [3.8, 4) is 0 Å². The first-order valence-electron chi connectivity index (χ1n) is 3.48. The minimum Gasteiger partial charge on any atom is -0.407 e. The number of cyclic esters (lactones) is 2. The Morgan fingerprint density at radius 3 is 2.00 bits per heavy atom. The van der Waals surface area contributed by atoms with E-state index in [9.17, 15) is 9.59 Å². The average molecular weight is 174 g/mol. The van der Waals surface area contributed by atoms with Crippen LogP contribution >= 0.6 is 0 Å². The molecule has 68 valence electrons. The zero-order chi connectivity index (χ0) is 9.19. The van der Waals surface area contributed by atoms with E-state index in [0.29, 0.717) is 0 Å². The highest BCUT2D eigenvalue weighted by Crippen LogP contribution is 2.13. The van der Waals surface area contributed by atoms with Crippen LogP contribution in [0.4, 0.5) is 0 Å². The van der Waals surface area contributed by atoms with Crippen molar-refractivity contribution in [3.63, 3.8) is 0 Å². The molecule has 0 atom stereocenters. The molecule has 0 saturated carbocycles. The minimum atomic E-state index is -1.77. The molecule has 1 aliphatic heterocycles. The first kappa shape index (κ1) is 8.95. The molecule has 0 aromatic carbocycles. The Kier molecular flexibility index (Phi) is 2.30. The average Bonchev–Trinajstić information content (AvgIpc) is 2.11. The first-order valence-corrected chi connectivity index (χ1v) is 3.48. The van der Waals surface area contributed by atoms with Gasteiger partial charge >= 0.3 is 17.8 Å². The van der Waals surface area contributed by atoms with Crippen LogP contribution in [0.1, 0.15) is 12.8 Å². The lowest BCUT2D eigenvalue weighted by Gasteiger charge is -2.24. The lowest BCUT2D eigenvalue weighted by molar-refractivity contribution is -0.216. The van der Waals surface area contributed by atoms with Crippen molar-refractivity contribution in [1.29, 1.82) is 0 Å². The quantitative estimate of drug-likeness (QED) is 0.466. The van der Waals surface area contributed by atoms with Gasteiger partial charge in [-0.3, -0.25) is 15.3 Å². The molecule has 0 aromatic heterocycles. The summed E-state index contributed by atoms with van der Waals surface area (Å²) in [7, 11) is 0. The van der Waals surface area contributed by atoms with Crippen molar-refractivity contribution in [2.24, 2.45) is 11.5 Å². The summed E-state index contributed by atoms with van der Waals surface area (Å²) in [5.74, 6) is -2.92. The number of ether oxygens (including phenoxy) is 2. The van der Waals surface area contributed by atoms with E-state index >= 15 is 0 Å². The van der Waals surface area contributed by atoms with Gasteiger partial charge in [-0.2, -0.15) is 0 Å². The summed E-state index contributed by atoms with van der Waals surface area (Å²) in [6.07, 6.45) is -0.0322. The maximum Gasteiger partial charge on any atom is 0.328 e. The predicted molar refractivity (Wildman–Crippen MR) is 37.4 cm³/mol. The molecule has 0 radical (unpaired) electrons. The smallest absolute Gasteiger partial charge is 0.328 e. The molecule has 1 heterocycles. The van der Waals surface area contributed by atoms with Crippen molar-refractivity contribution in [1.82, 2.24) is 0 Å². The Morgan fingerprint density at radius 1 is 1.25 bits per heavy atom. The second kappa shape index (κ2) is 3.08. The lowest BCUT2D eigenvalue weighted by atomic mass is 10.3. The summed E-state index contributed by atoms with van der Waals surface area (Å²) >= 11 is 0. The number of carbonyl (C=O) groups is 2. The molecule has 1 rings (SSSR count). The summed E-state index contributed by atoms with van der Waals surface area (Å²) in [5, 5.41) is 0. The van der Waals surface area contributed by atoms with Crippen molar-refractivity contribution < 1.29 is 19.1 Å². The van der Waals surface area contributed by atoms with E-state index in [1.54, 1.807) is 0 Å². The fourth-order valence-corrected chi connectivity index (χ4v) is 0.796. The Morgan fingerprint density at radius 2 is 1.67 bits per heavy atom. The molecule has 1 saturated heterocycles. The van der Waals surface area contributed by atoms with Gasteiger partial charge < -0.3 is 15.2 Å². The molecule has 0 amide bonds. The Labute approximate surface area is 68.8 Å². The van der Waals surface area contributed by atoms with E-state index in [1.807, 2.05) is 0 Å². The van der Waals surface area contributed by atoms with Crippen LogP contribution in [-0.4, -0.2) is 24.4 Å². The highest BCUT2D eigenvalue weighted by Gasteiger charge is 2.35. The third kappa shape index (κ3) is 1.93. The van der Waals surface area contributed by atoms with Crippen LogP contribution in [-0.2, 0) is 19.1 Å². The molecule has 12 heavy (non-hydrogen) atoms. The van der Waals surface area contributed by atoms with E-state index in [0.717, 1.165) is 0 Å². The van der Waals surface area contributed by atoms with Crippen molar-refractivity contribution >= 4 is 11.9 Å². The van der Waals surface area contributed by atoms with E-state index in [4.69, 9.17) is 11.5 Å². The molecular formula is C6H10N2O4. The topological polar surface area (TPSA) is 105 Å². The van der Waals surface area contributed by atoms with Crippen LogP contribution in [0.5, 0.6) is 0 Å². The largest absolute Gasteiger partial charge is 0.407 e. The number of rotatable bonds is 1. The van der Waals surface area contributed by atoms with Crippen LogP contribution in [0.15, 0.2) is 0 Å². The normalized spacial score (nSPS) is 22.5. The molecule has 0 aliphatic carbocycles. The zero-order valence-corrected chi connectivity index (χ0v) is 6.41. The number of nitrogens with two attached hydrogens (primary N) is 2. The van der Waals surface area contributed by atoms with Crippen LogP contribution in [0.3, 0.4) is 0 Å². The fraction of sp³-hybridized carbons (Fsp3) is 0.667. The van der Waals surface area contributed by atoms with E-state index in [-0.39, 0.29) is 19.4 Å². The van der Waals surface area contributed by atoms with Gasteiger partial charge in [-0.25, -0.2) is 0 Å². The Hall–Kier alpha value is -1.14. The third-order valence-electron chi connectivity index (χ3n) is 1.39. The van der Waals surface area contributed by atoms with E-state index in [2.05, 4.69) is 9.47 Å². The number of carbonyl (C=O) groups excluding carboxylic acids is 2. The van der Waals surface area contributed by atoms with Gasteiger partial charge in [-0.15, -0.1) is 0 Å². The summed E-state index contributed by atoms with van der Waals surface area (Å²) in [6, 6.07) is 0. The summed E-state index contributed by atoms with van der Waals surface area (Å²) in [4.78, 5) is 21.6. The Balaban J connectivity index is 2.74. The Bertz CT molecular complexity index is 198. The van der Waals surface area contributed by atoms with Gasteiger partial charge in [-0.05, 0) is 0 Å². The third-order valence-corrected chi connectivity index (χ3v) is 1.39. The zero-order valence-electron chi connectivity index (χ0n) is 6.41. The van der Waals surface area contributed by atoms with Crippen LogP contribution in [0, 0.1) is 0 Å². The molecular weight excluding hydrogens is 164 g/mol. The second-order valence-electron chi connectivity index (χ2n) is 2.46. The molecule has 0 unspecified atom stereocenters. The van der Waals surface area contributed by atoms with Gasteiger partial charge in [0.05, 0.1) is 19.4 Å². The van der Waals surface area contributed by atoms with Gasteiger partial charge in [0.25, 0.3) is 0 Å². The highest BCUT2D eigenvalue weighted by atomic mass is 16.7. The molecule has 0 spiro atoms. The van der Waals surface area contributed by atoms with Gasteiger partial charge in [-0.1, -0.05) is 0 Å². The molecule has 6 heteroatoms. The molecule has 6 nitrogen and oxygen atoms in total. The maximum atomic E-state index is 10.8. The van der Waals surface area contributed by atoms with Gasteiger partial charge in [0.15, 0.2) is 0 Å². The number of hydrogen-bond donors (Lipinski definition) is 2. The first-order chi connectivity index (χ1) is 5.56. The van der Waals surface area contributed by atoms with Crippen LogP contribution in [0.2, 0.25) is 0 Å². The van der Waals surface area contributed by atoms with Crippen LogP contribution < -0.4 is 11.5 Å². The van der Waals surface area contributed by atoms with Gasteiger partial charge in [0.1, 0.15) is 0 Å². The number of hydrogen-bond acceptors (Lipinski definition) is 6. The van der Waals surface area contributed by atoms with Crippen molar-refractivity contribution in [3.05, 3.63) is 0 Å². The lowest BCUT2D eigenvalue weighted by Crippen LogP contribution is -2.53. The second-order valence-corrected chi connectivity index (χ2v) is 2.46. The molecule has 0 bridgehead atoms. The van der Waals surface area contributed by atoms with E-state index in [1.165, 1.54) is 0 Å². The maximum absolute atomic E-state index is 10.8. The van der Waals surface area contributed by atoms with Gasteiger partial charge in [0, 0.05) is 0 Å². The van der Waals surface area contributed by atoms with E-state index < -0.39 is 17.8 Å². The molecule has 4 N–H and O–H groups in total. The summed E-state index contributed by atoms with van der Waals surface area (Å²) < 4.78 is 9.18. The summed E-state index contributed by atoms with van der Waals surface area (Å²) in [5.41, 5.74) is 10.5. The number of esters is 2. The minimum absolute atomic E-state index is 0.0161. The van der Waals surface area contributed by atoms with Gasteiger partial charge in [0.2, 0.25) is 0 Å². The summed E-state index contributed by atoms with van der Waals surface area (Å²) in [6.45, 7) is -0.246. The fourth-order valence-electron chi connectivity index (χ4n) is 0.796. The molecule has 1 aliphatic rings. The van der Waals surface area contributed by atoms with Crippen molar-refractivity contribution in [2.45, 2.75) is 18.8 Å². The van der Waals surface area contributed by atoms with Crippen molar-refractivity contribution in [2.75, 3.05) is 6.54 Å². The molecule has 1 fully saturated rings. The molecule has 0 aromatic rings.